The van der Waals surface area contributed by atoms with Crippen molar-refractivity contribution in [3.05, 3.63) is 29.8 Å². The maximum Gasteiger partial charge on any atom is 0.323 e. The molecule has 49 heavy (non-hydrogen) atoms. The summed E-state index contributed by atoms with van der Waals surface area (Å²) >= 11 is 0. The van der Waals surface area contributed by atoms with E-state index < -0.39 is 29.2 Å². The van der Waals surface area contributed by atoms with Crippen LogP contribution in [0.4, 0.5) is 0 Å². The van der Waals surface area contributed by atoms with Crippen LogP contribution in [0.25, 0.3) is 0 Å². The molecule has 1 aromatic rings. The molecule has 13 nitrogen and oxygen atoms in total. The van der Waals surface area contributed by atoms with Crippen LogP contribution in [0.2, 0.25) is 0 Å². The highest BCUT2D eigenvalue weighted by atomic mass is 16.6. The quantitative estimate of drug-likeness (QED) is 0.222. The molecule has 0 spiro atoms. The smallest absolute Gasteiger partial charge is 0.323 e. The van der Waals surface area contributed by atoms with E-state index in [0.717, 1.165) is 11.3 Å². The lowest BCUT2D eigenvalue weighted by molar-refractivity contribution is -0.157. The van der Waals surface area contributed by atoms with Gasteiger partial charge in [-0.2, -0.15) is 0 Å². The Morgan fingerprint density at radius 1 is 0.673 bits per heavy atom. The summed E-state index contributed by atoms with van der Waals surface area (Å²) < 4.78 is 27.0. The van der Waals surface area contributed by atoms with Crippen molar-refractivity contribution < 1.29 is 42.9 Å². The van der Waals surface area contributed by atoms with Gasteiger partial charge in [-0.3, -0.25) is 38.8 Å². The molecule has 0 unspecified atom stereocenters. The zero-order valence-electron chi connectivity index (χ0n) is 31.2. The zero-order valence-corrected chi connectivity index (χ0v) is 31.2. The maximum absolute atomic E-state index is 13.1. The number of carbonyl (C=O) groups excluding carboxylic acids is 4. The van der Waals surface area contributed by atoms with Gasteiger partial charge in [0.2, 0.25) is 0 Å². The third-order valence-corrected chi connectivity index (χ3v) is 7.82. The average molecular weight is 693 g/mol. The second kappa shape index (κ2) is 20.4. The Balaban J connectivity index is 2.41. The normalized spacial score (nSPS) is 17.2. The summed E-state index contributed by atoms with van der Waals surface area (Å²) in [6.07, 6.45) is 0.240. The maximum atomic E-state index is 13.1. The highest BCUT2D eigenvalue weighted by molar-refractivity contribution is 5.77. The van der Waals surface area contributed by atoms with E-state index in [2.05, 4.69) is 17.0 Å². The lowest BCUT2D eigenvalue weighted by Crippen LogP contribution is -2.52. The molecule has 1 fully saturated rings. The third kappa shape index (κ3) is 17.3. The molecule has 278 valence electrons. The second-order valence-electron chi connectivity index (χ2n) is 14.3. The van der Waals surface area contributed by atoms with Crippen LogP contribution in [-0.2, 0) is 44.7 Å². The molecule has 0 aliphatic carbocycles. The van der Waals surface area contributed by atoms with E-state index in [1.165, 1.54) is 14.2 Å². The van der Waals surface area contributed by atoms with Crippen molar-refractivity contribution in [2.45, 2.75) is 85.1 Å². The fourth-order valence-corrected chi connectivity index (χ4v) is 5.51. The highest BCUT2D eigenvalue weighted by Crippen LogP contribution is 2.16. The first-order chi connectivity index (χ1) is 23.0. The SMILES string of the molecule is CCOc1ccc(CN2CCN(CC(=O)OC(C)(C)C)CCN([C@@H](CCC(=O)OC)C(=O)OC)CCN(CC(=O)OC(C)(C)C)CC2)cc1. The van der Waals surface area contributed by atoms with Gasteiger partial charge in [0.25, 0.3) is 0 Å². The molecule has 13 heteroatoms. The number of rotatable bonds is 13. The molecule has 0 N–H and O–H groups in total. The molecule has 0 saturated carbocycles. The monoisotopic (exact) mass is 692 g/mol. The van der Waals surface area contributed by atoms with Gasteiger partial charge in [-0.25, -0.2) is 0 Å². The van der Waals surface area contributed by atoms with Crippen LogP contribution in [0.5, 0.6) is 5.75 Å². The van der Waals surface area contributed by atoms with Crippen LogP contribution in [0.1, 0.15) is 66.9 Å². The summed E-state index contributed by atoms with van der Waals surface area (Å²) in [6.45, 7) is 18.5. The zero-order chi connectivity index (χ0) is 36.6. The minimum absolute atomic E-state index is 0.0382. The molecule has 1 aliphatic rings. The van der Waals surface area contributed by atoms with Crippen LogP contribution < -0.4 is 4.74 Å². The Kier molecular flexibility index (Phi) is 17.5. The molecule has 1 atom stereocenters. The first kappa shape index (κ1) is 41.9. The molecule has 1 heterocycles. The van der Waals surface area contributed by atoms with Crippen molar-refractivity contribution in [3.63, 3.8) is 0 Å². The van der Waals surface area contributed by atoms with Crippen LogP contribution >= 0.6 is 0 Å². The lowest BCUT2D eigenvalue weighted by Gasteiger charge is -2.36. The molecule has 1 aliphatic heterocycles. The summed E-state index contributed by atoms with van der Waals surface area (Å²) in [5.74, 6) is -0.733. The molecule has 1 aromatic carbocycles. The number of nitrogens with zero attached hydrogens (tertiary/aromatic N) is 4. The van der Waals surface area contributed by atoms with E-state index in [1.807, 2.05) is 75.3 Å². The molecule has 0 bridgehead atoms. The predicted octanol–water partition coefficient (Wildman–Crippen LogP) is 2.99. The number of hydrogen-bond donors (Lipinski definition) is 0. The van der Waals surface area contributed by atoms with E-state index >= 15 is 0 Å². The Morgan fingerprint density at radius 3 is 1.57 bits per heavy atom. The van der Waals surface area contributed by atoms with Gasteiger partial charge in [-0.15, -0.1) is 0 Å². The van der Waals surface area contributed by atoms with E-state index in [0.29, 0.717) is 65.5 Å². The van der Waals surface area contributed by atoms with Gasteiger partial charge in [0.15, 0.2) is 0 Å². The summed E-state index contributed by atoms with van der Waals surface area (Å²) in [4.78, 5) is 59.5. The minimum atomic E-state index is -0.727. The average Bonchev–Trinajstić information content (AvgIpc) is 3.00. The third-order valence-electron chi connectivity index (χ3n) is 7.82. The van der Waals surface area contributed by atoms with E-state index in [9.17, 15) is 19.2 Å². The minimum Gasteiger partial charge on any atom is -0.494 e. The van der Waals surface area contributed by atoms with Gasteiger partial charge in [0.1, 0.15) is 23.0 Å². The number of esters is 4. The van der Waals surface area contributed by atoms with E-state index in [-0.39, 0.29) is 37.9 Å². The molecule has 2 rings (SSSR count). The molecule has 0 amide bonds. The van der Waals surface area contributed by atoms with Gasteiger partial charge in [0, 0.05) is 65.3 Å². The first-order valence-electron chi connectivity index (χ1n) is 17.2. The first-order valence-corrected chi connectivity index (χ1v) is 17.2. The van der Waals surface area contributed by atoms with Crippen LogP contribution in [0.3, 0.4) is 0 Å². The van der Waals surface area contributed by atoms with E-state index in [1.54, 1.807) is 0 Å². The molecular formula is C36H60N4O9. The van der Waals surface area contributed by atoms with Crippen molar-refractivity contribution in [2.24, 2.45) is 0 Å². The Labute approximate surface area is 293 Å². The topological polar surface area (TPSA) is 127 Å². The fourth-order valence-electron chi connectivity index (χ4n) is 5.51. The second-order valence-corrected chi connectivity index (χ2v) is 14.3. The predicted molar refractivity (Wildman–Crippen MR) is 186 cm³/mol. The summed E-state index contributed by atoms with van der Waals surface area (Å²) in [6, 6.07) is 7.31. The van der Waals surface area contributed by atoms with Crippen LogP contribution in [0, 0.1) is 0 Å². The Bertz CT molecular complexity index is 1130. The molecular weight excluding hydrogens is 632 g/mol. The van der Waals surface area contributed by atoms with Crippen molar-refractivity contribution in [1.29, 1.82) is 0 Å². The van der Waals surface area contributed by atoms with Crippen molar-refractivity contribution in [1.82, 2.24) is 19.6 Å². The van der Waals surface area contributed by atoms with Gasteiger partial charge >= 0.3 is 23.9 Å². The summed E-state index contributed by atoms with van der Waals surface area (Å²) in [5, 5.41) is 0. The van der Waals surface area contributed by atoms with Crippen LogP contribution in [0.15, 0.2) is 24.3 Å². The number of ether oxygens (including phenoxy) is 5. The van der Waals surface area contributed by atoms with Crippen LogP contribution in [-0.4, -0.2) is 147 Å². The standard InChI is InChI=1S/C36H60N4O9/c1-10-47-29-13-11-28(12-14-29)25-37-17-19-38(26-32(42)48-35(2,3)4)21-23-40(30(34(44)46-9)15-16-31(41)45-8)24-22-39(20-18-37)27-33(43)49-36(5,6)7/h11-14,30H,10,15-27H2,1-9H3/t30-/m0/s1. The van der Waals surface area contributed by atoms with Crippen molar-refractivity contribution in [3.8, 4) is 5.75 Å². The number of carbonyl (C=O) groups is 4. The van der Waals surface area contributed by atoms with Crippen molar-refractivity contribution >= 4 is 23.9 Å². The van der Waals surface area contributed by atoms with Gasteiger partial charge in [0.05, 0.1) is 33.9 Å². The number of methoxy groups -OCH3 is 2. The van der Waals surface area contributed by atoms with Gasteiger partial charge in [-0.05, 0) is 72.6 Å². The number of benzene rings is 1. The molecule has 0 aromatic heterocycles. The van der Waals surface area contributed by atoms with Gasteiger partial charge < -0.3 is 23.7 Å². The van der Waals surface area contributed by atoms with Crippen molar-refractivity contribution in [2.75, 3.05) is 86.3 Å². The summed E-state index contributed by atoms with van der Waals surface area (Å²) in [7, 11) is 2.64. The Hall–Kier alpha value is -3.26. The van der Waals surface area contributed by atoms with Gasteiger partial charge in [-0.1, -0.05) is 12.1 Å². The Morgan fingerprint density at radius 2 is 1.14 bits per heavy atom. The largest absolute Gasteiger partial charge is 0.494 e. The summed E-state index contributed by atoms with van der Waals surface area (Å²) in [5.41, 5.74) is -0.140. The fraction of sp³-hybridized carbons (Fsp3) is 0.722. The molecule has 0 radical (unpaired) electrons. The highest BCUT2D eigenvalue weighted by Gasteiger charge is 2.30. The number of hydrogen-bond acceptors (Lipinski definition) is 13. The van der Waals surface area contributed by atoms with E-state index in [4.69, 9.17) is 23.7 Å². The molecule has 1 saturated heterocycles. The lowest BCUT2D eigenvalue weighted by atomic mass is 10.1.